The molecule has 0 atom stereocenters. The van der Waals surface area contributed by atoms with Gasteiger partial charge in [-0.1, -0.05) is 0 Å². The fourth-order valence-corrected chi connectivity index (χ4v) is 0.569. The van der Waals surface area contributed by atoms with E-state index in [2.05, 4.69) is 5.43 Å². The molecular formula is C4H10N2O. The van der Waals surface area contributed by atoms with Crippen LogP contribution in [0.3, 0.4) is 0 Å². The number of nitrogens with two attached hydrogens (primary N) is 1. The van der Waals surface area contributed by atoms with Crippen LogP contribution in [0.5, 0.6) is 0 Å². The van der Waals surface area contributed by atoms with Crippen molar-refractivity contribution in [1.82, 2.24) is 5.43 Å². The van der Waals surface area contributed by atoms with Gasteiger partial charge >= 0.3 is 0 Å². The third-order valence-electron chi connectivity index (χ3n) is 1.11. The van der Waals surface area contributed by atoms with Gasteiger partial charge in [0.15, 0.2) is 0 Å². The summed E-state index contributed by atoms with van der Waals surface area (Å²) in [5.74, 6) is 5.70. The highest BCUT2D eigenvalue weighted by molar-refractivity contribution is 4.65. The van der Waals surface area contributed by atoms with Crippen LogP contribution in [0, 0.1) is 5.92 Å². The van der Waals surface area contributed by atoms with Crippen LogP contribution in [0.15, 0.2) is 0 Å². The molecule has 0 aromatic carbocycles. The standard InChI is InChI=1S/C4H10N2O/c5-6-1-4-2-7-3-4/h4,6H,1-3,5H2. The lowest BCUT2D eigenvalue weighted by Gasteiger charge is -2.24. The molecule has 0 aliphatic carbocycles. The summed E-state index contributed by atoms with van der Waals surface area (Å²) in [5.41, 5.74) is 2.59. The largest absolute Gasteiger partial charge is 0.381 e. The van der Waals surface area contributed by atoms with E-state index in [1.165, 1.54) is 0 Å². The van der Waals surface area contributed by atoms with Gasteiger partial charge in [-0.3, -0.25) is 11.3 Å². The minimum absolute atomic E-state index is 0.671. The van der Waals surface area contributed by atoms with E-state index < -0.39 is 0 Å². The molecule has 0 aromatic heterocycles. The van der Waals surface area contributed by atoms with Gasteiger partial charge in [-0.15, -0.1) is 0 Å². The summed E-state index contributed by atoms with van der Waals surface area (Å²) in [6.07, 6.45) is 0. The third-order valence-corrected chi connectivity index (χ3v) is 1.11. The lowest BCUT2D eigenvalue weighted by Crippen LogP contribution is -2.39. The zero-order chi connectivity index (χ0) is 5.11. The van der Waals surface area contributed by atoms with Gasteiger partial charge in [0, 0.05) is 12.5 Å². The first-order chi connectivity index (χ1) is 3.43. The Hall–Kier alpha value is -0.120. The first kappa shape index (κ1) is 5.03. The summed E-state index contributed by atoms with van der Waals surface area (Å²) in [5, 5.41) is 0. The van der Waals surface area contributed by atoms with Crippen LogP contribution in [0.4, 0.5) is 0 Å². The van der Waals surface area contributed by atoms with E-state index in [1.807, 2.05) is 0 Å². The summed E-state index contributed by atoms with van der Waals surface area (Å²) >= 11 is 0. The molecule has 1 aliphatic rings. The van der Waals surface area contributed by atoms with Crippen LogP contribution >= 0.6 is 0 Å². The fourth-order valence-electron chi connectivity index (χ4n) is 0.569. The number of ether oxygens (including phenoxy) is 1. The van der Waals surface area contributed by atoms with E-state index in [1.54, 1.807) is 0 Å². The first-order valence-electron chi connectivity index (χ1n) is 2.44. The maximum Gasteiger partial charge on any atom is 0.0529 e. The van der Waals surface area contributed by atoms with Crippen molar-refractivity contribution in [1.29, 1.82) is 0 Å². The maximum atomic E-state index is 5.03. The van der Waals surface area contributed by atoms with Gasteiger partial charge in [0.2, 0.25) is 0 Å². The highest BCUT2D eigenvalue weighted by Gasteiger charge is 2.16. The maximum absolute atomic E-state index is 5.03. The van der Waals surface area contributed by atoms with Crippen LogP contribution in [0.1, 0.15) is 0 Å². The number of rotatable bonds is 2. The summed E-state index contributed by atoms with van der Waals surface area (Å²) < 4.78 is 4.89. The summed E-state index contributed by atoms with van der Waals surface area (Å²) in [6.45, 7) is 2.65. The van der Waals surface area contributed by atoms with E-state index in [-0.39, 0.29) is 0 Å². The predicted octanol–water partition coefficient (Wildman–Crippen LogP) is -0.904. The van der Waals surface area contributed by atoms with Crippen molar-refractivity contribution in [3.63, 3.8) is 0 Å². The zero-order valence-corrected chi connectivity index (χ0v) is 4.18. The molecule has 0 unspecified atom stereocenters. The number of hydrogen-bond donors (Lipinski definition) is 2. The van der Waals surface area contributed by atoms with Crippen molar-refractivity contribution < 1.29 is 4.74 Å². The minimum Gasteiger partial charge on any atom is -0.381 e. The zero-order valence-electron chi connectivity index (χ0n) is 4.18. The molecule has 0 radical (unpaired) electrons. The minimum atomic E-state index is 0.671. The molecule has 0 saturated carbocycles. The molecule has 0 aromatic rings. The Kier molecular flexibility index (Phi) is 1.62. The average molecular weight is 102 g/mol. The van der Waals surface area contributed by atoms with Crippen LogP contribution in [0.25, 0.3) is 0 Å². The molecule has 1 fully saturated rings. The van der Waals surface area contributed by atoms with E-state index in [0.29, 0.717) is 5.92 Å². The van der Waals surface area contributed by atoms with Gasteiger partial charge in [-0.25, -0.2) is 0 Å². The van der Waals surface area contributed by atoms with E-state index in [0.717, 1.165) is 19.8 Å². The second-order valence-electron chi connectivity index (χ2n) is 1.81. The SMILES string of the molecule is NNCC1COC1. The number of hydrogen-bond acceptors (Lipinski definition) is 3. The molecule has 42 valence electrons. The number of nitrogens with one attached hydrogen (secondary N) is 1. The van der Waals surface area contributed by atoms with E-state index in [9.17, 15) is 0 Å². The van der Waals surface area contributed by atoms with Gasteiger partial charge in [0.05, 0.1) is 13.2 Å². The molecule has 7 heavy (non-hydrogen) atoms. The Bertz CT molecular complexity index is 53.7. The Balaban J connectivity index is 1.93. The van der Waals surface area contributed by atoms with Gasteiger partial charge in [0.25, 0.3) is 0 Å². The van der Waals surface area contributed by atoms with Crippen LogP contribution < -0.4 is 11.3 Å². The monoisotopic (exact) mass is 102 g/mol. The van der Waals surface area contributed by atoms with Crippen molar-refractivity contribution in [3.05, 3.63) is 0 Å². The summed E-state index contributed by atoms with van der Waals surface area (Å²) in [4.78, 5) is 0. The second kappa shape index (κ2) is 2.26. The molecule has 1 heterocycles. The quantitative estimate of drug-likeness (QED) is 0.351. The van der Waals surface area contributed by atoms with Crippen molar-refractivity contribution in [2.45, 2.75) is 0 Å². The lowest BCUT2D eigenvalue weighted by molar-refractivity contribution is -0.0305. The van der Waals surface area contributed by atoms with Gasteiger partial charge < -0.3 is 4.74 Å². The van der Waals surface area contributed by atoms with Crippen molar-refractivity contribution in [3.8, 4) is 0 Å². The van der Waals surface area contributed by atoms with Gasteiger partial charge in [-0.2, -0.15) is 0 Å². The Morgan fingerprint density at radius 1 is 1.71 bits per heavy atom. The molecule has 3 heteroatoms. The Morgan fingerprint density at radius 2 is 2.43 bits per heavy atom. The summed E-state index contributed by atoms with van der Waals surface area (Å²) in [6, 6.07) is 0. The second-order valence-corrected chi connectivity index (χ2v) is 1.81. The van der Waals surface area contributed by atoms with Crippen molar-refractivity contribution in [2.75, 3.05) is 19.8 Å². The predicted molar refractivity (Wildman–Crippen MR) is 26.5 cm³/mol. The smallest absolute Gasteiger partial charge is 0.0529 e. The highest BCUT2D eigenvalue weighted by atomic mass is 16.5. The van der Waals surface area contributed by atoms with Crippen molar-refractivity contribution in [2.24, 2.45) is 11.8 Å². The van der Waals surface area contributed by atoms with Crippen LogP contribution in [-0.4, -0.2) is 19.8 Å². The molecule has 1 aliphatic heterocycles. The molecule has 1 rings (SSSR count). The van der Waals surface area contributed by atoms with Crippen molar-refractivity contribution >= 4 is 0 Å². The first-order valence-corrected chi connectivity index (χ1v) is 2.44. The topological polar surface area (TPSA) is 47.3 Å². The normalized spacial score (nSPS) is 21.9. The average Bonchev–Trinajstić information content (AvgIpc) is 1.55. The third kappa shape index (κ3) is 1.12. The van der Waals surface area contributed by atoms with Crippen LogP contribution in [0.2, 0.25) is 0 Å². The molecule has 0 bridgehead atoms. The number of hydrazine groups is 1. The van der Waals surface area contributed by atoms with E-state index in [4.69, 9.17) is 10.6 Å². The fraction of sp³-hybridized carbons (Fsp3) is 1.00. The molecule has 0 spiro atoms. The highest BCUT2D eigenvalue weighted by Crippen LogP contribution is 2.06. The van der Waals surface area contributed by atoms with Gasteiger partial charge in [-0.05, 0) is 0 Å². The lowest BCUT2D eigenvalue weighted by atomic mass is 10.1. The van der Waals surface area contributed by atoms with Gasteiger partial charge in [0.1, 0.15) is 0 Å². The molecule has 3 N–H and O–H groups in total. The van der Waals surface area contributed by atoms with E-state index >= 15 is 0 Å². The van der Waals surface area contributed by atoms with Crippen LogP contribution in [-0.2, 0) is 4.74 Å². The summed E-state index contributed by atoms with van der Waals surface area (Å²) in [7, 11) is 0. The molecule has 1 saturated heterocycles. The molecular weight excluding hydrogens is 92.1 g/mol. The molecule has 3 nitrogen and oxygen atoms in total. The Labute approximate surface area is 42.8 Å². The molecule has 0 amide bonds. The Morgan fingerprint density at radius 3 is 2.57 bits per heavy atom.